The van der Waals surface area contributed by atoms with Crippen molar-refractivity contribution in [1.29, 1.82) is 0 Å². The number of nitrogens with one attached hydrogen (secondary N) is 1. The van der Waals surface area contributed by atoms with Gasteiger partial charge in [-0.05, 0) is 19.3 Å². The van der Waals surface area contributed by atoms with Gasteiger partial charge in [-0.1, -0.05) is 12.8 Å². The summed E-state index contributed by atoms with van der Waals surface area (Å²) in [5.74, 6) is 0.902. The number of hydrogen-bond acceptors (Lipinski definition) is 2. The molecule has 1 atom stereocenters. The first kappa shape index (κ1) is 11.9. The zero-order valence-corrected chi connectivity index (χ0v) is 8.64. The Kier molecular flexibility index (Phi) is 5.33. The maximum absolute atomic E-state index is 11.7. The predicted octanol–water partition coefficient (Wildman–Crippen LogP) is 2.05. The Balaban J connectivity index is 1.82. The van der Waals surface area contributed by atoms with Crippen LogP contribution in [0.2, 0.25) is 0 Å². The summed E-state index contributed by atoms with van der Waals surface area (Å²) in [7, 11) is 0. The molecule has 0 saturated heterocycles. The molecule has 14 heavy (non-hydrogen) atoms. The van der Waals surface area contributed by atoms with Gasteiger partial charge in [0.25, 0.3) is 6.43 Å². The number of rotatable bonds is 8. The summed E-state index contributed by atoms with van der Waals surface area (Å²) >= 11 is 0. The van der Waals surface area contributed by atoms with Gasteiger partial charge in [0.05, 0.1) is 6.61 Å². The van der Waals surface area contributed by atoms with E-state index in [9.17, 15) is 8.78 Å². The molecule has 0 spiro atoms. The average Bonchev–Trinajstić information content (AvgIpc) is 2.87. The molecule has 2 nitrogen and oxygen atoms in total. The summed E-state index contributed by atoms with van der Waals surface area (Å²) in [6, 6.07) is 0.484. The first-order chi connectivity index (χ1) is 6.68. The van der Waals surface area contributed by atoms with Crippen LogP contribution in [0, 0.1) is 5.92 Å². The SMILES string of the molecule is CC(CC1CC1)NCCOCC(F)F. The lowest BCUT2D eigenvalue weighted by Gasteiger charge is -2.12. The van der Waals surface area contributed by atoms with Crippen LogP contribution in [-0.2, 0) is 4.74 Å². The van der Waals surface area contributed by atoms with Crippen molar-refractivity contribution >= 4 is 0 Å². The second-order valence-corrected chi connectivity index (χ2v) is 4.00. The van der Waals surface area contributed by atoms with E-state index in [1.54, 1.807) is 0 Å². The molecular weight excluding hydrogens is 188 g/mol. The summed E-state index contributed by atoms with van der Waals surface area (Å²) in [4.78, 5) is 0. The molecule has 0 amide bonds. The summed E-state index contributed by atoms with van der Waals surface area (Å²) in [5.41, 5.74) is 0. The van der Waals surface area contributed by atoms with Crippen molar-refractivity contribution in [3.05, 3.63) is 0 Å². The monoisotopic (exact) mass is 207 g/mol. The molecule has 0 aromatic carbocycles. The minimum atomic E-state index is -2.35. The smallest absolute Gasteiger partial charge is 0.261 e. The molecule has 1 aliphatic rings. The van der Waals surface area contributed by atoms with Gasteiger partial charge in [0.2, 0.25) is 0 Å². The predicted molar refractivity (Wildman–Crippen MR) is 51.6 cm³/mol. The minimum absolute atomic E-state index is 0.374. The highest BCUT2D eigenvalue weighted by atomic mass is 19.3. The largest absolute Gasteiger partial charge is 0.374 e. The number of ether oxygens (including phenoxy) is 1. The van der Waals surface area contributed by atoms with Crippen molar-refractivity contribution in [2.24, 2.45) is 5.92 Å². The van der Waals surface area contributed by atoms with E-state index >= 15 is 0 Å². The van der Waals surface area contributed by atoms with Crippen molar-refractivity contribution in [2.45, 2.75) is 38.7 Å². The van der Waals surface area contributed by atoms with Gasteiger partial charge in [0, 0.05) is 12.6 Å². The van der Waals surface area contributed by atoms with Crippen molar-refractivity contribution in [3.63, 3.8) is 0 Å². The van der Waals surface area contributed by atoms with Crippen LogP contribution in [0.5, 0.6) is 0 Å². The molecule has 1 N–H and O–H groups in total. The molecule has 0 aliphatic heterocycles. The number of hydrogen-bond donors (Lipinski definition) is 1. The van der Waals surface area contributed by atoms with Crippen LogP contribution < -0.4 is 5.32 Å². The van der Waals surface area contributed by atoms with E-state index in [0.29, 0.717) is 19.2 Å². The maximum Gasteiger partial charge on any atom is 0.261 e. The van der Waals surface area contributed by atoms with Crippen LogP contribution in [-0.4, -0.2) is 32.2 Å². The Morgan fingerprint density at radius 2 is 2.14 bits per heavy atom. The first-order valence-corrected chi connectivity index (χ1v) is 5.27. The van der Waals surface area contributed by atoms with Crippen LogP contribution >= 0.6 is 0 Å². The van der Waals surface area contributed by atoms with E-state index in [1.807, 2.05) is 0 Å². The van der Waals surface area contributed by atoms with Gasteiger partial charge in [0.15, 0.2) is 0 Å². The minimum Gasteiger partial charge on any atom is -0.374 e. The summed E-state index contributed by atoms with van der Waals surface area (Å²) in [5, 5.41) is 3.26. The van der Waals surface area contributed by atoms with Gasteiger partial charge in [-0.3, -0.25) is 0 Å². The fraction of sp³-hybridized carbons (Fsp3) is 1.00. The van der Waals surface area contributed by atoms with Gasteiger partial charge >= 0.3 is 0 Å². The van der Waals surface area contributed by atoms with Gasteiger partial charge in [-0.25, -0.2) is 8.78 Å². The lowest BCUT2D eigenvalue weighted by molar-refractivity contribution is 0.0182. The highest BCUT2D eigenvalue weighted by Gasteiger charge is 2.22. The van der Waals surface area contributed by atoms with Gasteiger partial charge in [0.1, 0.15) is 6.61 Å². The molecule has 0 bridgehead atoms. The second-order valence-electron chi connectivity index (χ2n) is 4.00. The molecular formula is C10H19F2NO. The first-order valence-electron chi connectivity index (χ1n) is 5.27. The summed E-state index contributed by atoms with van der Waals surface area (Å²) < 4.78 is 28.1. The Morgan fingerprint density at radius 3 is 2.71 bits per heavy atom. The topological polar surface area (TPSA) is 21.3 Å². The van der Waals surface area contributed by atoms with E-state index in [-0.39, 0.29) is 0 Å². The molecule has 84 valence electrons. The molecule has 1 aliphatic carbocycles. The quantitative estimate of drug-likeness (QED) is 0.615. The molecule has 1 rings (SSSR count). The molecule has 1 unspecified atom stereocenters. The van der Waals surface area contributed by atoms with Gasteiger partial charge in [-0.15, -0.1) is 0 Å². The van der Waals surface area contributed by atoms with Crippen LogP contribution in [0.4, 0.5) is 8.78 Å². The van der Waals surface area contributed by atoms with E-state index in [1.165, 1.54) is 19.3 Å². The Bertz CT molecular complexity index is 151. The third-order valence-electron chi connectivity index (χ3n) is 2.37. The van der Waals surface area contributed by atoms with Crippen LogP contribution in [0.25, 0.3) is 0 Å². The van der Waals surface area contributed by atoms with Crippen LogP contribution in [0.15, 0.2) is 0 Å². The van der Waals surface area contributed by atoms with E-state index in [0.717, 1.165) is 5.92 Å². The molecule has 1 saturated carbocycles. The fourth-order valence-corrected chi connectivity index (χ4v) is 1.49. The summed E-state index contributed by atoms with van der Waals surface area (Å²) in [6.45, 7) is 2.73. The lowest BCUT2D eigenvalue weighted by atomic mass is 10.2. The number of halogens is 2. The zero-order valence-electron chi connectivity index (χ0n) is 8.64. The zero-order chi connectivity index (χ0) is 10.4. The van der Waals surface area contributed by atoms with Crippen molar-refractivity contribution in [3.8, 4) is 0 Å². The fourth-order valence-electron chi connectivity index (χ4n) is 1.49. The Labute approximate surface area is 84.0 Å². The maximum atomic E-state index is 11.7. The van der Waals surface area contributed by atoms with Gasteiger partial charge in [-0.2, -0.15) is 0 Å². The Morgan fingerprint density at radius 1 is 1.43 bits per heavy atom. The second kappa shape index (κ2) is 6.30. The van der Waals surface area contributed by atoms with E-state index in [4.69, 9.17) is 4.74 Å². The third kappa shape index (κ3) is 6.27. The standard InChI is InChI=1S/C10H19F2NO/c1-8(6-9-2-3-9)13-4-5-14-7-10(11)12/h8-10,13H,2-7H2,1H3. The highest BCUT2D eigenvalue weighted by Crippen LogP contribution is 2.33. The molecule has 0 aromatic rings. The molecule has 0 aromatic heterocycles. The normalized spacial score (nSPS) is 18.9. The van der Waals surface area contributed by atoms with E-state index in [2.05, 4.69) is 12.2 Å². The lowest BCUT2D eigenvalue weighted by Crippen LogP contribution is -2.30. The van der Waals surface area contributed by atoms with Crippen molar-refractivity contribution in [1.82, 2.24) is 5.32 Å². The summed E-state index contributed by atoms with van der Waals surface area (Å²) in [6.07, 6.45) is 1.57. The van der Waals surface area contributed by atoms with Crippen LogP contribution in [0.1, 0.15) is 26.2 Å². The van der Waals surface area contributed by atoms with Crippen molar-refractivity contribution < 1.29 is 13.5 Å². The molecule has 0 radical (unpaired) electrons. The molecule has 0 heterocycles. The average molecular weight is 207 g/mol. The molecule has 1 fully saturated rings. The Hall–Kier alpha value is -0.220. The van der Waals surface area contributed by atoms with Crippen LogP contribution in [0.3, 0.4) is 0 Å². The van der Waals surface area contributed by atoms with Gasteiger partial charge < -0.3 is 10.1 Å². The number of alkyl halides is 2. The highest BCUT2D eigenvalue weighted by molar-refractivity contribution is 4.77. The third-order valence-corrected chi connectivity index (χ3v) is 2.37. The van der Waals surface area contributed by atoms with E-state index < -0.39 is 13.0 Å². The molecule has 4 heteroatoms. The van der Waals surface area contributed by atoms with Crippen molar-refractivity contribution in [2.75, 3.05) is 19.8 Å².